The summed E-state index contributed by atoms with van der Waals surface area (Å²) in [6.45, 7) is 0.687. The Labute approximate surface area is 141 Å². The first-order valence-electron chi connectivity index (χ1n) is 7.85. The minimum Gasteiger partial charge on any atom is -0.496 e. The Kier molecular flexibility index (Phi) is 6.28. The highest BCUT2D eigenvalue weighted by Crippen LogP contribution is 2.26. The fourth-order valence-corrected chi connectivity index (χ4v) is 3.26. The number of carboxylic acid groups (broad SMARTS) is 1. The molecular formula is C17H22ClNO4. The fraction of sp³-hybridized carbons (Fsp3) is 0.529. The second-order valence-electron chi connectivity index (χ2n) is 5.80. The maximum Gasteiger partial charge on any atom is 0.303 e. The summed E-state index contributed by atoms with van der Waals surface area (Å²) in [5.74, 6) is -0.179. The molecule has 1 atom stereocenters. The van der Waals surface area contributed by atoms with Gasteiger partial charge in [-0.15, -0.1) is 0 Å². The Balaban J connectivity index is 2.08. The van der Waals surface area contributed by atoms with Crippen molar-refractivity contribution >= 4 is 23.5 Å². The van der Waals surface area contributed by atoms with Gasteiger partial charge in [-0.05, 0) is 43.9 Å². The molecule has 1 heterocycles. The third-order valence-corrected chi connectivity index (χ3v) is 4.46. The summed E-state index contributed by atoms with van der Waals surface area (Å²) in [7, 11) is 1.56. The number of halogens is 1. The molecule has 1 unspecified atom stereocenters. The van der Waals surface area contributed by atoms with Crippen LogP contribution in [0.5, 0.6) is 5.75 Å². The van der Waals surface area contributed by atoms with E-state index in [1.165, 1.54) is 0 Å². The SMILES string of the molecule is COc1ccc(Cl)cc1CC(=O)N1CCCCC1CCC(=O)O. The molecule has 5 nitrogen and oxygen atoms in total. The highest BCUT2D eigenvalue weighted by Gasteiger charge is 2.27. The standard InChI is InChI=1S/C17H22ClNO4/c1-23-15-7-5-13(18)10-12(15)11-16(20)19-9-3-2-4-14(19)6-8-17(21)22/h5,7,10,14H,2-4,6,8-9,11H2,1H3,(H,21,22). The highest BCUT2D eigenvalue weighted by molar-refractivity contribution is 6.30. The van der Waals surface area contributed by atoms with E-state index in [2.05, 4.69) is 0 Å². The number of hydrogen-bond acceptors (Lipinski definition) is 3. The van der Waals surface area contributed by atoms with Gasteiger partial charge in [-0.3, -0.25) is 9.59 Å². The minimum atomic E-state index is -0.820. The molecule has 1 saturated heterocycles. The van der Waals surface area contributed by atoms with E-state index >= 15 is 0 Å². The summed E-state index contributed by atoms with van der Waals surface area (Å²) in [6.07, 6.45) is 3.68. The summed E-state index contributed by atoms with van der Waals surface area (Å²) >= 11 is 6.01. The van der Waals surface area contributed by atoms with Crippen LogP contribution in [-0.2, 0) is 16.0 Å². The van der Waals surface area contributed by atoms with Crippen molar-refractivity contribution in [2.45, 2.75) is 44.6 Å². The van der Waals surface area contributed by atoms with Gasteiger partial charge in [0.15, 0.2) is 0 Å². The van der Waals surface area contributed by atoms with Gasteiger partial charge in [0.2, 0.25) is 5.91 Å². The maximum absolute atomic E-state index is 12.7. The second-order valence-corrected chi connectivity index (χ2v) is 6.24. The van der Waals surface area contributed by atoms with E-state index < -0.39 is 5.97 Å². The Morgan fingerprint density at radius 1 is 1.39 bits per heavy atom. The number of carbonyl (C=O) groups is 2. The molecular weight excluding hydrogens is 318 g/mol. The van der Waals surface area contributed by atoms with Crippen molar-refractivity contribution in [1.82, 2.24) is 4.90 Å². The average molecular weight is 340 g/mol. The number of ether oxygens (including phenoxy) is 1. The first-order chi connectivity index (χ1) is 11.0. The van der Waals surface area contributed by atoms with Gasteiger partial charge in [0, 0.05) is 29.6 Å². The van der Waals surface area contributed by atoms with E-state index in [4.69, 9.17) is 21.4 Å². The third-order valence-electron chi connectivity index (χ3n) is 4.22. The Hall–Kier alpha value is -1.75. The Morgan fingerprint density at radius 3 is 2.87 bits per heavy atom. The molecule has 23 heavy (non-hydrogen) atoms. The quantitative estimate of drug-likeness (QED) is 0.864. The molecule has 6 heteroatoms. The summed E-state index contributed by atoms with van der Waals surface area (Å²) in [4.78, 5) is 25.3. The van der Waals surface area contributed by atoms with Gasteiger partial charge < -0.3 is 14.7 Å². The fourth-order valence-electron chi connectivity index (χ4n) is 3.07. The molecule has 0 bridgehead atoms. The van der Waals surface area contributed by atoms with Crippen LogP contribution in [0.15, 0.2) is 18.2 Å². The number of aliphatic carboxylic acids is 1. The van der Waals surface area contributed by atoms with Crippen LogP contribution in [0.3, 0.4) is 0 Å². The van der Waals surface area contributed by atoms with Crippen LogP contribution in [0, 0.1) is 0 Å². The summed E-state index contributed by atoms with van der Waals surface area (Å²) < 4.78 is 5.29. The van der Waals surface area contributed by atoms with E-state index in [0.29, 0.717) is 23.7 Å². The Morgan fingerprint density at radius 2 is 2.17 bits per heavy atom. The lowest BCUT2D eigenvalue weighted by atomic mass is 9.97. The number of hydrogen-bond donors (Lipinski definition) is 1. The van der Waals surface area contributed by atoms with E-state index in [1.54, 1.807) is 25.3 Å². The average Bonchev–Trinajstić information content (AvgIpc) is 2.53. The van der Waals surface area contributed by atoms with Gasteiger partial charge in [0.25, 0.3) is 0 Å². The number of piperidine rings is 1. The lowest BCUT2D eigenvalue weighted by Gasteiger charge is -2.36. The predicted octanol–water partition coefficient (Wildman–Crippen LogP) is 3.14. The molecule has 2 rings (SSSR count). The maximum atomic E-state index is 12.7. The summed E-state index contributed by atoms with van der Waals surface area (Å²) in [5.41, 5.74) is 0.757. The number of methoxy groups -OCH3 is 1. The van der Waals surface area contributed by atoms with E-state index in [0.717, 1.165) is 24.8 Å². The first-order valence-corrected chi connectivity index (χ1v) is 8.22. The molecule has 0 radical (unpaired) electrons. The van der Waals surface area contributed by atoms with Crippen molar-refractivity contribution in [3.8, 4) is 5.75 Å². The normalized spacial score (nSPS) is 17.8. The molecule has 1 N–H and O–H groups in total. The van der Waals surface area contributed by atoms with Crippen molar-refractivity contribution in [3.63, 3.8) is 0 Å². The van der Waals surface area contributed by atoms with Crippen molar-refractivity contribution in [2.75, 3.05) is 13.7 Å². The van der Waals surface area contributed by atoms with Crippen molar-refractivity contribution in [2.24, 2.45) is 0 Å². The van der Waals surface area contributed by atoms with Gasteiger partial charge in [0.05, 0.1) is 13.5 Å². The number of carbonyl (C=O) groups excluding carboxylic acids is 1. The number of benzene rings is 1. The van der Waals surface area contributed by atoms with Crippen molar-refractivity contribution in [1.29, 1.82) is 0 Å². The number of carboxylic acids is 1. The molecule has 1 aliphatic heterocycles. The number of rotatable bonds is 6. The van der Waals surface area contributed by atoms with Crippen LogP contribution >= 0.6 is 11.6 Å². The summed E-state index contributed by atoms with van der Waals surface area (Å²) in [5, 5.41) is 9.43. The van der Waals surface area contributed by atoms with Crippen molar-refractivity contribution < 1.29 is 19.4 Å². The van der Waals surface area contributed by atoms with Gasteiger partial charge in [-0.1, -0.05) is 11.6 Å². The van der Waals surface area contributed by atoms with E-state index in [9.17, 15) is 9.59 Å². The zero-order valence-electron chi connectivity index (χ0n) is 13.3. The van der Waals surface area contributed by atoms with Crippen LogP contribution in [0.2, 0.25) is 5.02 Å². The zero-order valence-corrected chi connectivity index (χ0v) is 14.0. The van der Waals surface area contributed by atoms with Crippen molar-refractivity contribution in [3.05, 3.63) is 28.8 Å². The second kappa shape index (κ2) is 8.20. The predicted molar refractivity (Wildman–Crippen MR) is 87.9 cm³/mol. The van der Waals surface area contributed by atoms with Gasteiger partial charge in [-0.2, -0.15) is 0 Å². The van der Waals surface area contributed by atoms with Gasteiger partial charge in [-0.25, -0.2) is 0 Å². The van der Waals surface area contributed by atoms with E-state index in [-0.39, 0.29) is 24.8 Å². The highest BCUT2D eigenvalue weighted by atomic mass is 35.5. The smallest absolute Gasteiger partial charge is 0.303 e. The molecule has 1 aromatic rings. The topological polar surface area (TPSA) is 66.8 Å². The van der Waals surface area contributed by atoms with Crippen LogP contribution < -0.4 is 4.74 Å². The minimum absolute atomic E-state index is 0.000607. The third kappa shape index (κ3) is 4.86. The summed E-state index contributed by atoms with van der Waals surface area (Å²) in [6, 6.07) is 5.24. The first kappa shape index (κ1) is 17.6. The molecule has 1 fully saturated rings. The lowest BCUT2D eigenvalue weighted by molar-refractivity contribution is -0.139. The largest absolute Gasteiger partial charge is 0.496 e. The molecule has 0 saturated carbocycles. The molecule has 0 aromatic heterocycles. The monoisotopic (exact) mass is 339 g/mol. The molecule has 1 aliphatic rings. The molecule has 1 amide bonds. The molecule has 0 spiro atoms. The molecule has 0 aliphatic carbocycles. The lowest BCUT2D eigenvalue weighted by Crippen LogP contribution is -2.44. The van der Waals surface area contributed by atoms with Crippen LogP contribution in [-0.4, -0.2) is 41.6 Å². The van der Waals surface area contributed by atoms with Gasteiger partial charge in [0.1, 0.15) is 5.75 Å². The van der Waals surface area contributed by atoms with E-state index in [1.807, 2.05) is 4.90 Å². The molecule has 1 aromatic carbocycles. The van der Waals surface area contributed by atoms with Gasteiger partial charge >= 0.3 is 5.97 Å². The number of amides is 1. The van der Waals surface area contributed by atoms with Crippen LogP contribution in [0.4, 0.5) is 0 Å². The number of nitrogens with zero attached hydrogens (tertiary/aromatic N) is 1. The number of likely N-dealkylation sites (tertiary alicyclic amines) is 1. The van der Waals surface area contributed by atoms with Crippen LogP contribution in [0.25, 0.3) is 0 Å². The Bertz CT molecular complexity index is 576. The molecule has 126 valence electrons. The van der Waals surface area contributed by atoms with Crippen LogP contribution in [0.1, 0.15) is 37.7 Å². The zero-order chi connectivity index (χ0) is 16.8.